The lowest BCUT2D eigenvalue weighted by Crippen LogP contribution is -2.54. The van der Waals surface area contributed by atoms with Crippen LogP contribution in [0.25, 0.3) is 0 Å². The van der Waals surface area contributed by atoms with Crippen molar-refractivity contribution in [2.24, 2.45) is 0 Å². The molecule has 2 aromatic rings. The first-order valence-electron chi connectivity index (χ1n) is 10.5. The summed E-state index contributed by atoms with van der Waals surface area (Å²) >= 11 is 0. The predicted molar refractivity (Wildman–Crippen MR) is 119 cm³/mol. The minimum atomic E-state index is -0.636. The Morgan fingerprint density at radius 1 is 1.20 bits per heavy atom. The molecule has 8 heteroatoms. The number of benzene rings is 1. The lowest BCUT2D eigenvalue weighted by Gasteiger charge is -2.37. The van der Waals surface area contributed by atoms with Crippen molar-refractivity contribution in [3.8, 4) is 0 Å². The van der Waals surface area contributed by atoms with Gasteiger partial charge in [-0.15, -0.1) is 0 Å². The van der Waals surface area contributed by atoms with Crippen molar-refractivity contribution in [1.82, 2.24) is 9.55 Å². The molecule has 0 spiro atoms. The highest BCUT2D eigenvalue weighted by atomic mass is 16.2. The molecule has 1 saturated carbocycles. The maximum Gasteiger partial charge on any atom is 0.330 e. The molecule has 1 fully saturated rings. The van der Waals surface area contributed by atoms with Gasteiger partial charge in [-0.3, -0.25) is 24.0 Å². The number of rotatable bonds is 7. The molecule has 3 N–H and O–H groups in total. The zero-order valence-electron chi connectivity index (χ0n) is 18.1. The SMILES string of the molecule is CCN(C(=O)C[N+](C)(C)C1CCCC1)c1c(N)n(Cc2ccccc2)c(=O)[nH]c1=O. The molecule has 1 amide bonds. The first kappa shape index (κ1) is 21.8. The summed E-state index contributed by atoms with van der Waals surface area (Å²) in [5, 5.41) is 0. The molecular formula is C22H32N5O3+. The number of nitrogens with two attached hydrogens (primary N) is 1. The van der Waals surface area contributed by atoms with Crippen LogP contribution < -0.4 is 21.9 Å². The van der Waals surface area contributed by atoms with Crippen LogP contribution in [0, 0.1) is 0 Å². The number of nitrogen functional groups attached to an aromatic ring is 1. The Bertz CT molecular complexity index is 1000. The summed E-state index contributed by atoms with van der Waals surface area (Å²) < 4.78 is 1.88. The highest BCUT2D eigenvalue weighted by molar-refractivity contribution is 5.96. The minimum absolute atomic E-state index is 0.00831. The van der Waals surface area contributed by atoms with Gasteiger partial charge in [0.1, 0.15) is 5.82 Å². The standard InChI is InChI=1S/C22H31N5O3/c1-4-25(18(28)15-27(2,3)17-12-8-9-13-17)19-20(23)26(22(30)24-21(19)29)14-16-10-6-5-7-11-16/h5-7,10-11,17H,4,8-9,12-15H2,1-3H3,(H2-,23,24,29,30)/p+1. The Labute approximate surface area is 176 Å². The molecule has 0 unspecified atom stereocenters. The number of aromatic nitrogens is 2. The normalized spacial score (nSPS) is 14.8. The molecule has 0 aliphatic heterocycles. The predicted octanol–water partition coefficient (Wildman–Crippen LogP) is 1.54. The number of hydrogen-bond donors (Lipinski definition) is 2. The van der Waals surface area contributed by atoms with Crippen molar-refractivity contribution in [2.45, 2.75) is 45.2 Å². The van der Waals surface area contributed by atoms with Crippen LogP contribution in [0.15, 0.2) is 39.9 Å². The zero-order valence-corrected chi connectivity index (χ0v) is 18.1. The third kappa shape index (κ3) is 4.48. The van der Waals surface area contributed by atoms with E-state index in [0.29, 0.717) is 17.1 Å². The molecule has 1 aliphatic rings. The molecule has 0 radical (unpaired) electrons. The number of nitrogens with one attached hydrogen (secondary N) is 1. The van der Waals surface area contributed by atoms with Gasteiger partial charge in [0.05, 0.1) is 26.7 Å². The van der Waals surface area contributed by atoms with Gasteiger partial charge in [0.2, 0.25) is 0 Å². The average Bonchev–Trinajstić information content (AvgIpc) is 3.24. The number of anilines is 2. The minimum Gasteiger partial charge on any atom is -0.383 e. The number of hydrogen-bond acceptors (Lipinski definition) is 4. The van der Waals surface area contributed by atoms with Crippen molar-refractivity contribution in [2.75, 3.05) is 37.8 Å². The monoisotopic (exact) mass is 414 g/mol. The Hall–Kier alpha value is -2.87. The number of amides is 1. The van der Waals surface area contributed by atoms with Crippen LogP contribution in [0.3, 0.4) is 0 Å². The maximum atomic E-state index is 13.2. The van der Waals surface area contributed by atoms with Gasteiger partial charge in [0.25, 0.3) is 11.5 Å². The van der Waals surface area contributed by atoms with E-state index in [1.807, 2.05) is 30.3 Å². The van der Waals surface area contributed by atoms with Gasteiger partial charge >= 0.3 is 5.69 Å². The summed E-state index contributed by atoms with van der Waals surface area (Å²) in [5.74, 6) is -0.162. The summed E-state index contributed by atoms with van der Waals surface area (Å²) in [7, 11) is 4.12. The van der Waals surface area contributed by atoms with Gasteiger partial charge in [0, 0.05) is 6.54 Å². The Morgan fingerprint density at radius 2 is 1.83 bits per heavy atom. The molecule has 0 saturated heterocycles. The van der Waals surface area contributed by atoms with E-state index in [9.17, 15) is 14.4 Å². The van der Waals surface area contributed by atoms with Crippen LogP contribution in [0.2, 0.25) is 0 Å². The van der Waals surface area contributed by atoms with Crippen molar-refractivity contribution in [3.63, 3.8) is 0 Å². The molecule has 1 aliphatic carbocycles. The number of H-pyrrole nitrogens is 1. The van der Waals surface area contributed by atoms with Crippen LogP contribution in [0.4, 0.5) is 11.5 Å². The number of carbonyl (C=O) groups is 1. The smallest absolute Gasteiger partial charge is 0.330 e. The van der Waals surface area contributed by atoms with Crippen molar-refractivity contribution in [3.05, 3.63) is 56.7 Å². The maximum absolute atomic E-state index is 13.2. The van der Waals surface area contributed by atoms with E-state index < -0.39 is 11.2 Å². The second kappa shape index (κ2) is 8.87. The van der Waals surface area contributed by atoms with Crippen molar-refractivity contribution < 1.29 is 9.28 Å². The zero-order chi connectivity index (χ0) is 21.9. The van der Waals surface area contributed by atoms with Gasteiger partial charge in [-0.05, 0) is 38.2 Å². The molecule has 162 valence electrons. The third-order valence-corrected chi connectivity index (χ3v) is 6.14. The van der Waals surface area contributed by atoms with Crippen molar-refractivity contribution in [1.29, 1.82) is 0 Å². The summed E-state index contributed by atoms with van der Waals surface area (Å²) in [6.45, 7) is 2.58. The molecule has 1 aromatic carbocycles. The second-order valence-corrected chi connectivity index (χ2v) is 8.58. The van der Waals surface area contributed by atoms with E-state index in [1.165, 1.54) is 22.3 Å². The van der Waals surface area contributed by atoms with E-state index >= 15 is 0 Å². The molecule has 1 heterocycles. The second-order valence-electron chi connectivity index (χ2n) is 8.58. The molecule has 8 nitrogen and oxygen atoms in total. The van der Waals surface area contributed by atoms with Gasteiger partial charge in [0.15, 0.2) is 12.2 Å². The molecule has 0 atom stereocenters. The highest BCUT2D eigenvalue weighted by Gasteiger charge is 2.35. The number of quaternary nitrogens is 1. The first-order valence-corrected chi connectivity index (χ1v) is 10.5. The lowest BCUT2D eigenvalue weighted by molar-refractivity contribution is -0.906. The van der Waals surface area contributed by atoms with Crippen LogP contribution >= 0.6 is 0 Å². The third-order valence-electron chi connectivity index (χ3n) is 6.14. The van der Waals surface area contributed by atoms with Crippen LogP contribution in [0.5, 0.6) is 0 Å². The van der Waals surface area contributed by atoms with Crippen LogP contribution in [-0.2, 0) is 11.3 Å². The molecule has 1 aromatic heterocycles. The molecular weight excluding hydrogens is 382 g/mol. The van der Waals surface area contributed by atoms with Crippen molar-refractivity contribution >= 4 is 17.4 Å². The summed E-state index contributed by atoms with van der Waals surface area (Å²) in [6.07, 6.45) is 4.60. The van der Waals surface area contributed by atoms with E-state index in [-0.39, 0.29) is 30.5 Å². The van der Waals surface area contributed by atoms with Gasteiger partial charge < -0.3 is 10.2 Å². The molecule has 0 bridgehead atoms. The van der Waals surface area contributed by atoms with E-state index in [2.05, 4.69) is 19.1 Å². The fourth-order valence-electron chi connectivity index (χ4n) is 4.39. The lowest BCUT2D eigenvalue weighted by atomic mass is 10.2. The first-order chi connectivity index (χ1) is 14.2. The van der Waals surface area contributed by atoms with Gasteiger partial charge in [-0.2, -0.15) is 0 Å². The number of carbonyl (C=O) groups excluding carboxylic acids is 1. The Balaban J connectivity index is 1.93. The van der Waals surface area contributed by atoms with Gasteiger partial charge in [-0.25, -0.2) is 4.79 Å². The molecule has 30 heavy (non-hydrogen) atoms. The van der Waals surface area contributed by atoms with Crippen LogP contribution in [0.1, 0.15) is 38.2 Å². The average molecular weight is 415 g/mol. The highest BCUT2D eigenvalue weighted by Crippen LogP contribution is 2.27. The fraction of sp³-hybridized carbons (Fsp3) is 0.500. The van der Waals surface area contributed by atoms with E-state index in [0.717, 1.165) is 18.4 Å². The topological polar surface area (TPSA) is 101 Å². The van der Waals surface area contributed by atoms with E-state index in [4.69, 9.17) is 5.73 Å². The summed E-state index contributed by atoms with van der Waals surface area (Å²) in [6, 6.07) is 9.81. The number of aromatic amines is 1. The largest absolute Gasteiger partial charge is 0.383 e. The number of likely N-dealkylation sites (N-methyl/N-ethyl adjacent to an activating group) is 2. The Morgan fingerprint density at radius 3 is 2.43 bits per heavy atom. The molecule has 3 rings (SSSR count). The quantitative estimate of drug-likeness (QED) is 0.671. The van der Waals surface area contributed by atoms with Crippen LogP contribution in [-0.4, -0.2) is 53.2 Å². The van der Waals surface area contributed by atoms with E-state index in [1.54, 1.807) is 6.92 Å². The van der Waals surface area contributed by atoms with Gasteiger partial charge in [-0.1, -0.05) is 30.3 Å². The summed E-state index contributed by atoms with van der Waals surface area (Å²) in [5.41, 5.74) is 5.97. The summed E-state index contributed by atoms with van der Waals surface area (Å²) in [4.78, 5) is 42.0. The fourth-order valence-corrected chi connectivity index (χ4v) is 4.39. The number of nitrogens with zero attached hydrogens (tertiary/aromatic N) is 3. The Kier molecular flexibility index (Phi) is 6.45.